The van der Waals surface area contributed by atoms with Gasteiger partial charge < -0.3 is 10.6 Å². The summed E-state index contributed by atoms with van der Waals surface area (Å²) in [6, 6.07) is 8.78. The van der Waals surface area contributed by atoms with E-state index in [2.05, 4.69) is 10.6 Å². The first-order valence-corrected chi connectivity index (χ1v) is 6.77. The molecule has 0 fully saturated rings. The number of hydrogen-bond donors (Lipinski definition) is 2. The van der Waals surface area contributed by atoms with Crippen LogP contribution in [-0.2, 0) is 0 Å². The highest BCUT2D eigenvalue weighted by Crippen LogP contribution is 2.26. The van der Waals surface area contributed by atoms with Crippen LogP contribution in [0.2, 0.25) is 5.02 Å². The number of carbonyl (C=O) groups is 1. The van der Waals surface area contributed by atoms with Crippen molar-refractivity contribution in [3.8, 4) is 0 Å². The molecule has 0 aromatic heterocycles. The molecule has 0 aliphatic rings. The molecule has 118 valence electrons. The number of nitro groups is 1. The monoisotopic (exact) mass is 335 g/mol. The molecule has 2 N–H and O–H groups in total. The molecule has 0 atom stereocenters. The molecule has 0 radical (unpaired) electrons. The lowest BCUT2D eigenvalue weighted by Crippen LogP contribution is -2.23. The number of urea groups is 1. The van der Waals surface area contributed by atoms with E-state index in [-0.39, 0.29) is 22.2 Å². The Labute approximate surface area is 135 Å². The minimum Gasteiger partial charge on any atom is -0.314 e. The molecule has 2 rings (SSSR count). The molecule has 2 amide bonds. The van der Waals surface area contributed by atoms with Gasteiger partial charge in [0.1, 0.15) is 5.82 Å². The number of hydrogen-bond acceptors (Lipinski definition) is 3. The maximum absolute atomic E-state index is 12.7. The van der Waals surface area contributed by atoms with E-state index in [1.165, 1.54) is 30.5 Å². The van der Waals surface area contributed by atoms with Crippen LogP contribution in [0.25, 0.3) is 6.08 Å². The minimum atomic E-state index is -0.620. The summed E-state index contributed by atoms with van der Waals surface area (Å²) in [4.78, 5) is 21.8. The van der Waals surface area contributed by atoms with Crippen molar-refractivity contribution >= 4 is 35.1 Å². The number of halogens is 2. The Balaban J connectivity index is 1.98. The van der Waals surface area contributed by atoms with Gasteiger partial charge in [-0.05, 0) is 29.8 Å². The topological polar surface area (TPSA) is 84.3 Å². The molecule has 0 spiro atoms. The summed E-state index contributed by atoms with van der Waals surface area (Å²) < 4.78 is 12.7. The number of nitro benzene ring substituents is 1. The highest BCUT2D eigenvalue weighted by atomic mass is 35.5. The fourth-order valence-corrected chi connectivity index (χ4v) is 1.83. The summed E-state index contributed by atoms with van der Waals surface area (Å²) in [6.07, 6.45) is 2.92. The third kappa shape index (κ3) is 4.79. The molecule has 0 aliphatic heterocycles. The summed E-state index contributed by atoms with van der Waals surface area (Å²) in [5.74, 6) is -0.354. The standard InChI is InChI=1S/C15H11ClFN3O3/c16-13-6-5-12(20(22)23)9-14(13)19-15(21)18-8-7-10-1-3-11(17)4-2-10/h1-9H,(H2,18,19,21)/b8-7+. The van der Waals surface area contributed by atoms with Gasteiger partial charge in [-0.15, -0.1) is 0 Å². The maximum Gasteiger partial charge on any atom is 0.323 e. The first-order chi connectivity index (χ1) is 11.0. The summed E-state index contributed by atoms with van der Waals surface area (Å²) in [5.41, 5.74) is 0.625. The second kappa shape index (κ2) is 7.37. The lowest BCUT2D eigenvalue weighted by atomic mass is 10.2. The van der Waals surface area contributed by atoms with Gasteiger partial charge in [0.05, 0.1) is 15.6 Å². The van der Waals surface area contributed by atoms with E-state index >= 15 is 0 Å². The summed E-state index contributed by atoms with van der Waals surface area (Å²) >= 11 is 5.87. The highest BCUT2D eigenvalue weighted by molar-refractivity contribution is 6.33. The van der Waals surface area contributed by atoms with E-state index in [1.54, 1.807) is 18.2 Å². The van der Waals surface area contributed by atoms with Gasteiger partial charge in [-0.3, -0.25) is 10.1 Å². The molecule has 8 heteroatoms. The van der Waals surface area contributed by atoms with Gasteiger partial charge in [-0.2, -0.15) is 0 Å². The molecule has 2 aromatic carbocycles. The van der Waals surface area contributed by atoms with Crippen molar-refractivity contribution < 1.29 is 14.1 Å². The summed E-state index contributed by atoms with van der Waals surface area (Å²) in [5, 5.41) is 15.7. The molecule has 0 heterocycles. The predicted octanol–water partition coefficient (Wildman–Crippen LogP) is 4.18. The Bertz CT molecular complexity index is 763. The zero-order chi connectivity index (χ0) is 16.8. The number of carbonyl (C=O) groups excluding carboxylic acids is 1. The summed E-state index contributed by atoms with van der Waals surface area (Å²) in [7, 11) is 0. The quantitative estimate of drug-likeness (QED) is 0.649. The summed E-state index contributed by atoms with van der Waals surface area (Å²) in [6.45, 7) is 0. The van der Waals surface area contributed by atoms with Gasteiger partial charge in [0.15, 0.2) is 0 Å². The molecule has 23 heavy (non-hydrogen) atoms. The minimum absolute atomic E-state index is 0.119. The molecular formula is C15H11ClFN3O3. The lowest BCUT2D eigenvalue weighted by Gasteiger charge is -2.06. The van der Waals surface area contributed by atoms with E-state index in [9.17, 15) is 19.3 Å². The Morgan fingerprint density at radius 3 is 2.57 bits per heavy atom. The maximum atomic E-state index is 12.7. The third-order valence-electron chi connectivity index (χ3n) is 2.77. The van der Waals surface area contributed by atoms with Crippen LogP contribution >= 0.6 is 11.6 Å². The Hall–Kier alpha value is -2.93. The van der Waals surface area contributed by atoms with Crippen molar-refractivity contribution in [3.05, 3.63) is 75.2 Å². The van der Waals surface area contributed by atoms with Gasteiger partial charge in [-0.25, -0.2) is 9.18 Å². The number of amides is 2. The lowest BCUT2D eigenvalue weighted by molar-refractivity contribution is -0.384. The van der Waals surface area contributed by atoms with Crippen LogP contribution in [0.3, 0.4) is 0 Å². The highest BCUT2D eigenvalue weighted by Gasteiger charge is 2.11. The van der Waals surface area contributed by atoms with E-state index in [0.717, 1.165) is 6.07 Å². The number of rotatable bonds is 4. The molecule has 0 aliphatic carbocycles. The molecule has 0 bridgehead atoms. The molecular weight excluding hydrogens is 325 g/mol. The fourth-order valence-electron chi connectivity index (χ4n) is 1.67. The Morgan fingerprint density at radius 2 is 1.91 bits per heavy atom. The van der Waals surface area contributed by atoms with Crippen LogP contribution in [0.5, 0.6) is 0 Å². The van der Waals surface area contributed by atoms with E-state index in [4.69, 9.17) is 11.6 Å². The second-order valence-electron chi connectivity index (χ2n) is 4.40. The first kappa shape index (κ1) is 16.4. The SMILES string of the molecule is O=C(N/C=C/c1ccc(F)cc1)Nc1cc([N+](=O)[O-])ccc1Cl. The van der Waals surface area contributed by atoms with Gasteiger partial charge in [0.25, 0.3) is 5.69 Å². The first-order valence-electron chi connectivity index (χ1n) is 6.39. The number of nitrogens with zero attached hydrogens (tertiary/aromatic N) is 1. The van der Waals surface area contributed by atoms with Crippen molar-refractivity contribution in [2.45, 2.75) is 0 Å². The zero-order valence-electron chi connectivity index (χ0n) is 11.6. The van der Waals surface area contributed by atoms with Gasteiger partial charge in [-0.1, -0.05) is 23.7 Å². The van der Waals surface area contributed by atoms with Gasteiger partial charge in [0.2, 0.25) is 0 Å². The fraction of sp³-hybridized carbons (Fsp3) is 0. The van der Waals surface area contributed by atoms with Crippen LogP contribution < -0.4 is 10.6 Å². The average molecular weight is 336 g/mol. The van der Waals surface area contributed by atoms with Crippen LogP contribution in [-0.4, -0.2) is 11.0 Å². The number of anilines is 1. The number of benzene rings is 2. The van der Waals surface area contributed by atoms with Crippen molar-refractivity contribution in [1.29, 1.82) is 0 Å². The molecule has 0 saturated carbocycles. The van der Waals surface area contributed by atoms with Crippen LogP contribution in [0.15, 0.2) is 48.7 Å². The Kier molecular flexibility index (Phi) is 5.27. The van der Waals surface area contributed by atoms with Crippen molar-refractivity contribution in [2.24, 2.45) is 0 Å². The van der Waals surface area contributed by atoms with Crippen molar-refractivity contribution in [1.82, 2.24) is 5.32 Å². The van der Waals surface area contributed by atoms with Crippen LogP contribution in [0.1, 0.15) is 5.56 Å². The number of non-ortho nitro benzene ring substituents is 1. The van der Waals surface area contributed by atoms with E-state index in [1.807, 2.05) is 0 Å². The smallest absolute Gasteiger partial charge is 0.314 e. The average Bonchev–Trinajstić information content (AvgIpc) is 2.51. The number of nitrogens with one attached hydrogen (secondary N) is 2. The van der Waals surface area contributed by atoms with Crippen LogP contribution in [0.4, 0.5) is 20.6 Å². The second-order valence-corrected chi connectivity index (χ2v) is 4.81. The molecule has 0 unspecified atom stereocenters. The molecule has 2 aromatic rings. The zero-order valence-corrected chi connectivity index (χ0v) is 12.4. The molecule has 0 saturated heterocycles. The normalized spacial score (nSPS) is 10.5. The van der Waals surface area contributed by atoms with Crippen molar-refractivity contribution in [2.75, 3.05) is 5.32 Å². The third-order valence-corrected chi connectivity index (χ3v) is 3.10. The van der Waals surface area contributed by atoms with E-state index < -0.39 is 11.0 Å². The van der Waals surface area contributed by atoms with Crippen LogP contribution in [0, 0.1) is 15.9 Å². The largest absolute Gasteiger partial charge is 0.323 e. The predicted molar refractivity (Wildman–Crippen MR) is 85.7 cm³/mol. The van der Waals surface area contributed by atoms with Crippen molar-refractivity contribution in [3.63, 3.8) is 0 Å². The van der Waals surface area contributed by atoms with Gasteiger partial charge >= 0.3 is 6.03 Å². The van der Waals surface area contributed by atoms with Gasteiger partial charge in [0, 0.05) is 18.3 Å². The Morgan fingerprint density at radius 1 is 1.22 bits per heavy atom. The molecule has 6 nitrogen and oxygen atoms in total. The van der Waals surface area contributed by atoms with E-state index in [0.29, 0.717) is 5.56 Å².